The Labute approximate surface area is 102 Å². The van der Waals surface area contributed by atoms with Gasteiger partial charge in [0, 0.05) is 16.5 Å². The van der Waals surface area contributed by atoms with Gasteiger partial charge in [-0.05, 0) is 36.4 Å². The molecule has 0 aliphatic heterocycles. The van der Waals surface area contributed by atoms with Crippen LogP contribution >= 0.6 is 23.4 Å². The topological polar surface area (TPSA) is 12.0 Å². The van der Waals surface area contributed by atoms with Crippen molar-refractivity contribution in [3.05, 3.63) is 28.8 Å². The molecule has 0 radical (unpaired) electrons. The molecule has 0 spiro atoms. The number of hydrogen-bond acceptors (Lipinski definition) is 2. The lowest BCUT2D eigenvalue weighted by Crippen LogP contribution is -2.12. The van der Waals surface area contributed by atoms with E-state index in [0.717, 1.165) is 23.9 Å². The highest BCUT2D eigenvalue weighted by Crippen LogP contribution is 2.28. The molecule has 0 amide bonds. The Morgan fingerprint density at radius 2 is 2.13 bits per heavy atom. The summed E-state index contributed by atoms with van der Waals surface area (Å²) in [6.45, 7) is 6.14. The lowest BCUT2D eigenvalue weighted by Gasteiger charge is -2.10. The lowest BCUT2D eigenvalue weighted by molar-refractivity contribution is 0.718. The van der Waals surface area contributed by atoms with E-state index >= 15 is 0 Å². The Morgan fingerprint density at radius 3 is 2.80 bits per heavy atom. The van der Waals surface area contributed by atoms with Crippen molar-refractivity contribution in [2.45, 2.75) is 31.7 Å². The molecule has 0 saturated carbocycles. The predicted octanol–water partition coefficient (Wildman–Crippen LogP) is 3.95. The van der Waals surface area contributed by atoms with Gasteiger partial charge in [-0.15, -0.1) is 11.8 Å². The average molecular weight is 244 g/mol. The van der Waals surface area contributed by atoms with Crippen molar-refractivity contribution < 1.29 is 0 Å². The summed E-state index contributed by atoms with van der Waals surface area (Å²) >= 11 is 8.08. The Balaban J connectivity index is 2.77. The Hall–Kier alpha value is -0.180. The summed E-state index contributed by atoms with van der Waals surface area (Å²) < 4.78 is 0. The van der Waals surface area contributed by atoms with E-state index in [1.807, 2.05) is 23.9 Å². The number of benzene rings is 1. The van der Waals surface area contributed by atoms with Gasteiger partial charge in [-0.2, -0.15) is 0 Å². The number of hydrogen-bond donors (Lipinski definition) is 1. The third-order valence-electron chi connectivity index (χ3n) is 2.09. The summed E-state index contributed by atoms with van der Waals surface area (Å²) in [7, 11) is 0. The molecule has 0 saturated heterocycles. The summed E-state index contributed by atoms with van der Waals surface area (Å²) in [5.41, 5.74) is 1.24. The standard InChI is InChI=1S/C12H18ClNS/c1-3-8-15-12-7-5-6-11(13)10(12)9-14-4-2/h5-7,14H,3-4,8-9H2,1-2H3. The molecular weight excluding hydrogens is 226 g/mol. The zero-order chi connectivity index (χ0) is 11.1. The molecule has 15 heavy (non-hydrogen) atoms. The monoisotopic (exact) mass is 243 g/mol. The highest BCUT2D eigenvalue weighted by Gasteiger charge is 2.06. The van der Waals surface area contributed by atoms with Gasteiger partial charge in [-0.25, -0.2) is 0 Å². The summed E-state index contributed by atoms with van der Waals surface area (Å²) in [6, 6.07) is 6.14. The molecule has 1 rings (SSSR count). The van der Waals surface area contributed by atoms with Crippen LogP contribution in [0.2, 0.25) is 5.02 Å². The summed E-state index contributed by atoms with van der Waals surface area (Å²) in [5, 5.41) is 4.20. The van der Waals surface area contributed by atoms with Gasteiger partial charge in [-0.1, -0.05) is 31.5 Å². The molecule has 0 heterocycles. The fourth-order valence-electron chi connectivity index (χ4n) is 1.31. The van der Waals surface area contributed by atoms with Crippen molar-refractivity contribution in [1.29, 1.82) is 0 Å². The lowest BCUT2D eigenvalue weighted by atomic mass is 10.2. The quantitative estimate of drug-likeness (QED) is 0.760. The molecule has 0 fully saturated rings. The minimum absolute atomic E-state index is 0.863. The molecule has 0 aliphatic rings. The molecular formula is C12H18ClNS. The van der Waals surface area contributed by atoms with Crippen LogP contribution in [0.1, 0.15) is 25.8 Å². The van der Waals surface area contributed by atoms with Crippen molar-refractivity contribution in [2.24, 2.45) is 0 Å². The highest BCUT2D eigenvalue weighted by atomic mass is 35.5. The predicted molar refractivity (Wildman–Crippen MR) is 69.8 cm³/mol. The number of halogens is 1. The first-order chi connectivity index (χ1) is 7.29. The van der Waals surface area contributed by atoms with Crippen molar-refractivity contribution in [1.82, 2.24) is 5.32 Å². The fourth-order valence-corrected chi connectivity index (χ4v) is 2.56. The van der Waals surface area contributed by atoms with Crippen molar-refractivity contribution in [2.75, 3.05) is 12.3 Å². The van der Waals surface area contributed by atoms with E-state index < -0.39 is 0 Å². The summed E-state index contributed by atoms with van der Waals surface area (Å²) in [5.74, 6) is 1.15. The maximum Gasteiger partial charge on any atom is 0.0462 e. The molecule has 0 aliphatic carbocycles. The molecule has 0 aromatic heterocycles. The van der Waals surface area contributed by atoms with E-state index in [-0.39, 0.29) is 0 Å². The molecule has 0 unspecified atom stereocenters. The van der Waals surface area contributed by atoms with Crippen LogP contribution in [0.5, 0.6) is 0 Å². The molecule has 1 nitrogen and oxygen atoms in total. The van der Waals surface area contributed by atoms with Crippen LogP contribution < -0.4 is 5.32 Å². The van der Waals surface area contributed by atoms with Crippen LogP contribution in [0, 0.1) is 0 Å². The van der Waals surface area contributed by atoms with Crippen LogP contribution in [0.3, 0.4) is 0 Å². The van der Waals surface area contributed by atoms with E-state index in [0.29, 0.717) is 0 Å². The minimum atomic E-state index is 0.863. The second kappa shape index (κ2) is 7.15. The van der Waals surface area contributed by atoms with Gasteiger partial charge < -0.3 is 5.32 Å². The maximum atomic E-state index is 6.19. The van der Waals surface area contributed by atoms with Gasteiger partial charge >= 0.3 is 0 Å². The van der Waals surface area contributed by atoms with Gasteiger partial charge in [0.15, 0.2) is 0 Å². The van der Waals surface area contributed by atoms with E-state index in [9.17, 15) is 0 Å². The molecule has 1 N–H and O–H groups in total. The largest absolute Gasteiger partial charge is 0.313 e. The van der Waals surface area contributed by atoms with Crippen molar-refractivity contribution in [3.63, 3.8) is 0 Å². The normalized spacial score (nSPS) is 10.6. The van der Waals surface area contributed by atoms with E-state index in [1.165, 1.54) is 16.9 Å². The van der Waals surface area contributed by atoms with Crippen molar-refractivity contribution in [3.8, 4) is 0 Å². The second-order valence-electron chi connectivity index (χ2n) is 3.35. The summed E-state index contributed by atoms with van der Waals surface area (Å²) in [6.07, 6.45) is 1.19. The van der Waals surface area contributed by atoms with Crippen LogP contribution in [0.4, 0.5) is 0 Å². The smallest absolute Gasteiger partial charge is 0.0462 e. The molecule has 1 aromatic rings. The first-order valence-corrected chi connectivity index (χ1v) is 6.76. The first-order valence-electron chi connectivity index (χ1n) is 5.40. The first kappa shape index (κ1) is 12.9. The van der Waals surface area contributed by atoms with Crippen LogP contribution in [-0.2, 0) is 6.54 Å². The van der Waals surface area contributed by atoms with E-state index in [2.05, 4.69) is 25.2 Å². The van der Waals surface area contributed by atoms with Crippen LogP contribution in [0.15, 0.2) is 23.1 Å². The maximum absolute atomic E-state index is 6.19. The average Bonchev–Trinajstić information content (AvgIpc) is 2.25. The Morgan fingerprint density at radius 1 is 1.33 bits per heavy atom. The molecule has 1 aromatic carbocycles. The van der Waals surface area contributed by atoms with E-state index in [1.54, 1.807) is 0 Å². The number of thioether (sulfide) groups is 1. The number of nitrogens with one attached hydrogen (secondary N) is 1. The third kappa shape index (κ3) is 4.06. The van der Waals surface area contributed by atoms with Gasteiger partial charge in [0.1, 0.15) is 0 Å². The SMILES string of the molecule is CCCSc1cccc(Cl)c1CNCC. The van der Waals surface area contributed by atoms with Gasteiger partial charge in [-0.3, -0.25) is 0 Å². The highest BCUT2D eigenvalue weighted by molar-refractivity contribution is 7.99. The van der Waals surface area contributed by atoms with Crippen LogP contribution in [-0.4, -0.2) is 12.3 Å². The molecule has 3 heteroatoms. The zero-order valence-electron chi connectivity index (χ0n) is 9.35. The van der Waals surface area contributed by atoms with E-state index in [4.69, 9.17) is 11.6 Å². The minimum Gasteiger partial charge on any atom is -0.313 e. The van der Waals surface area contributed by atoms with Gasteiger partial charge in [0.25, 0.3) is 0 Å². The van der Waals surface area contributed by atoms with Gasteiger partial charge in [0.05, 0.1) is 0 Å². The van der Waals surface area contributed by atoms with Crippen molar-refractivity contribution >= 4 is 23.4 Å². The second-order valence-corrected chi connectivity index (χ2v) is 4.89. The van der Waals surface area contributed by atoms with Gasteiger partial charge in [0.2, 0.25) is 0 Å². The number of rotatable bonds is 6. The molecule has 0 bridgehead atoms. The Kier molecular flexibility index (Phi) is 6.15. The van der Waals surface area contributed by atoms with Crippen LogP contribution in [0.25, 0.3) is 0 Å². The Bertz CT molecular complexity index is 302. The summed E-state index contributed by atoms with van der Waals surface area (Å²) in [4.78, 5) is 1.31. The third-order valence-corrected chi connectivity index (χ3v) is 3.75. The molecule has 84 valence electrons. The molecule has 0 atom stereocenters. The zero-order valence-corrected chi connectivity index (χ0v) is 10.9. The fraction of sp³-hybridized carbons (Fsp3) is 0.500.